The van der Waals surface area contributed by atoms with Gasteiger partial charge in [-0.25, -0.2) is 0 Å². The highest BCUT2D eigenvalue weighted by molar-refractivity contribution is 5.94. The zero-order valence-corrected chi connectivity index (χ0v) is 18.4. The van der Waals surface area contributed by atoms with Gasteiger partial charge < -0.3 is 20.0 Å². The summed E-state index contributed by atoms with van der Waals surface area (Å²) in [4.78, 5) is 18.5. The Morgan fingerprint density at radius 1 is 0.893 bits per heavy atom. The molecule has 0 radical (unpaired) electrons. The zero-order valence-electron chi connectivity index (χ0n) is 18.4. The second-order valence-electron chi connectivity index (χ2n) is 7.65. The Labute approximate surface area is 170 Å². The maximum absolute atomic E-state index is 12.6. The van der Waals surface area contributed by atoms with Crippen LogP contribution in [0, 0.1) is 0 Å². The van der Waals surface area contributed by atoms with Gasteiger partial charge in [0, 0.05) is 31.7 Å². The quantitative estimate of drug-likeness (QED) is 0.797. The number of amides is 1. The number of rotatable bonds is 7. The molecule has 5 heteroatoms. The fourth-order valence-electron chi connectivity index (χ4n) is 2.79. The molecule has 0 spiro atoms. The highest BCUT2D eigenvalue weighted by Gasteiger charge is 2.15. The molecule has 2 aromatic carbocycles. The predicted octanol–water partition coefficient (Wildman–Crippen LogP) is 2.96. The van der Waals surface area contributed by atoms with Gasteiger partial charge in [0.2, 0.25) is 0 Å². The molecule has 0 saturated carbocycles. The van der Waals surface area contributed by atoms with Crippen LogP contribution in [-0.2, 0) is 6.54 Å². The van der Waals surface area contributed by atoms with E-state index in [0.717, 1.165) is 17.7 Å². The standard InChI is InChI=1S/C20H27N3O.C3H9N/c1-21-14-19(22(2)3)17-10-12-18(13-11-17)20(24)23(4)15-16-8-6-5-7-9-16;1-4(2)3/h5-13,19,21H,14-15H2,1-4H3;1-3H3. The van der Waals surface area contributed by atoms with Crippen LogP contribution in [0.2, 0.25) is 0 Å². The lowest BCUT2D eigenvalue weighted by atomic mass is 10.0. The van der Waals surface area contributed by atoms with Crippen molar-refractivity contribution in [2.45, 2.75) is 12.6 Å². The van der Waals surface area contributed by atoms with Crippen molar-refractivity contribution in [3.05, 3.63) is 71.3 Å². The van der Waals surface area contributed by atoms with Crippen molar-refractivity contribution in [3.8, 4) is 0 Å². The van der Waals surface area contributed by atoms with Gasteiger partial charge in [-0.05, 0) is 65.5 Å². The lowest BCUT2D eigenvalue weighted by Gasteiger charge is -2.25. The molecule has 1 unspecified atom stereocenters. The van der Waals surface area contributed by atoms with Gasteiger partial charge in [-0.15, -0.1) is 0 Å². The second-order valence-corrected chi connectivity index (χ2v) is 7.65. The van der Waals surface area contributed by atoms with Gasteiger partial charge in [0.05, 0.1) is 0 Å². The van der Waals surface area contributed by atoms with Crippen molar-refractivity contribution in [2.75, 3.05) is 55.9 Å². The maximum atomic E-state index is 12.6. The van der Waals surface area contributed by atoms with Crippen LogP contribution in [0.5, 0.6) is 0 Å². The van der Waals surface area contributed by atoms with Crippen LogP contribution in [0.15, 0.2) is 54.6 Å². The molecule has 2 rings (SSSR count). The maximum Gasteiger partial charge on any atom is 0.253 e. The minimum Gasteiger partial charge on any atom is -0.337 e. The molecule has 0 heterocycles. The molecule has 5 nitrogen and oxygen atoms in total. The zero-order chi connectivity index (χ0) is 21.1. The van der Waals surface area contributed by atoms with Crippen LogP contribution < -0.4 is 5.32 Å². The minimum atomic E-state index is 0.0421. The van der Waals surface area contributed by atoms with Gasteiger partial charge in [0.1, 0.15) is 0 Å². The van der Waals surface area contributed by atoms with Gasteiger partial charge in [0.15, 0.2) is 0 Å². The molecule has 0 saturated heterocycles. The first-order valence-electron chi connectivity index (χ1n) is 9.57. The number of nitrogens with one attached hydrogen (secondary N) is 1. The molecule has 1 atom stereocenters. The van der Waals surface area contributed by atoms with Crippen molar-refractivity contribution in [1.82, 2.24) is 20.0 Å². The second kappa shape index (κ2) is 12.3. The van der Waals surface area contributed by atoms with E-state index in [1.54, 1.807) is 4.90 Å². The van der Waals surface area contributed by atoms with E-state index in [1.807, 2.05) is 94.7 Å². The minimum absolute atomic E-state index is 0.0421. The number of benzene rings is 2. The molecule has 0 aliphatic carbocycles. The molecule has 1 amide bonds. The summed E-state index contributed by atoms with van der Waals surface area (Å²) in [5.74, 6) is 0.0421. The van der Waals surface area contributed by atoms with E-state index in [-0.39, 0.29) is 5.91 Å². The SMILES string of the molecule is CN(C)C.CNCC(c1ccc(C(=O)N(C)Cc2ccccc2)cc1)N(C)C. The molecular formula is C23H36N4O. The molecule has 28 heavy (non-hydrogen) atoms. The third-order valence-corrected chi connectivity index (χ3v) is 4.17. The van der Waals surface area contributed by atoms with Crippen molar-refractivity contribution < 1.29 is 4.79 Å². The van der Waals surface area contributed by atoms with Crippen LogP contribution in [0.1, 0.15) is 27.5 Å². The van der Waals surface area contributed by atoms with Gasteiger partial charge in [-0.1, -0.05) is 42.5 Å². The van der Waals surface area contributed by atoms with Gasteiger partial charge in [-0.3, -0.25) is 4.79 Å². The van der Waals surface area contributed by atoms with Crippen LogP contribution in [-0.4, -0.2) is 76.5 Å². The lowest BCUT2D eigenvalue weighted by Crippen LogP contribution is -2.29. The first-order valence-corrected chi connectivity index (χ1v) is 9.57. The highest BCUT2D eigenvalue weighted by atomic mass is 16.2. The Morgan fingerprint density at radius 2 is 1.43 bits per heavy atom. The summed E-state index contributed by atoms with van der Waals surface area (Å²) >= 11 is 0. The fraction of sp³-hybridized carbons (Fsp3) is 0.435. The number of hydrogen-bond donors (Lipinski definition) is 1. The summed E-state index contributed by atoms with van der Waals surface area (Å²) in [6.45, 7) is 1.48. The molecule has 1 N–H and O–H groups in total. The van der Waals surface area contributed by atoms with Crippen LogP contribution in [0.4, 0.5) is 0 Å². The third kappa shape index (κ3) is 8.21. The van der Waals surface area contributed by atoms with Crippen molar-refractivity contribution in [1.29, 1.82) is 0 Å². The van der Waals surface area contributed by atoms with E-state index in [0.29, 0.717) is 12.6 Å². The van der Waals surface area contributed by atoms with E-state index >= 15 is 0 Å². The summed E-state index contributed by atoms with van der Waals surface area (Å²) in [7, 11) is 13.9. The Kier molecular flexibility index (Phi) is 10.5. The average Bonchev–Trinajstić information content (AvgIpc) is 2.66. The van der Waals surface area contributed by atoms with Gasteiger partial charge in [-0.2, -0.15) is 0 Å². The van der Waals surface area contributed by atoms with E-state index in [1.165, 1.54) is 5.56 Å². The van der Waals surface area contributed by atoms with Gasteiger partial charge >= 0.3 is 0 Å². The number of likely N-dealkylation sites (N-methyl/N-ethyl adjacent to an activating group) is 2. The molecule has 0 aliphatic heterocycles. The molecule has 0 aliphatic rings. The van der Waals surface area contributed by atoms with Gasteiger partial charge in [0.25, 0.3) is 5.91 Å². The molecule has 2 aromatic rings. The van der Waals surface area contributed by atoms with E-state index in [9.17, 15) is 4.79 Å². The van der Waals surface area contributed by atoms with E-state index in [4.69, 9.17) is 0 Å². The fourth-order valence-corrected chi connectivity index (χ4v) is 2.79. The number of hydrogen-bond acceptors (Lipinski definition) is 4. The van der Waals surface area contributed by atoms with E-state index in [2.05, 4.69) is 24.3 Å². The topological polar surface area (TPSA) is 38.8 Å². The van der Waals surface area contributed by atoms with Crippen LogP contribution in [0.25, 0.3) is 0 Å². The Hall–Kier alpha value is -2.21. The molecule has 0 fully saturated rings. The Balaban J connectivity index is 0.000000892. The average molecular weight is 385 g/mol. The first-order chi connectivity index (χ1) is 13.3. The predicted molar refractivity (Wildman–Crippen MR) is 119 cm³/mol. The normalized spacial score (nSPS) is 11.8. The number of carbonyl (C=O) groups is 1. The molecule has 0 aromatic heterocycles. The summed E-state index contributed by atoms with van der Waals surface area (Å²) in [5, 5.41) is 3.21. The van der Waals surface area contributed by atoms with Crippen LogP contribution in [0.3, 0.4) is 0 Å². The van der Waals surface area contributed by atoms with Crippen molar-refractivity contribution in [2.24, 2.45) is 0 Å². The monoisotopic (exact) mass is 384 g/mol. The summed E-state index contributed by atoms with van der Waals surface area (Å²) in [6.07, 6.45) is 0. The smallest absolute Gasteiger partial charge is 0.253 e. The lowest BCUT2D eigenvalue weighted by molar-refractivity contribution is 0.0785. The third-order valence-electron chi connectivity index (χ3n) is 4.17. The van der Waals surface area contributed by atoms with Crippen LogP contribution >= 0.6 is 0 Å². The number of carbonyl (C=O) groups excluding carboxylic acids is 1. The van der Waals surface area contributed by atoms with Crippen molar-refractivity contribution in [3.63, 3.8) is 0 Å². The largest absolute Gasteiger partial charge is 0.337 e. The first kappa shape index (κ1) is 23.8. The summed E-state index contributed by atoms with van der Waals surface area (Å²) in [5.41, 5.74) is 3.06. The Morgan fingerprint density at radius 3 is 1.89 bits per heavy atom. The summed E-state index contributed by atoms with van der Waals surface area (Å²) in [6, 6.07) is 18.3. The van der Waals surface area contributed by atoms with E-state index < -0.39 is 0 Å². The molecular weight excluding hydrogens is 348 g/mol. The molecule has 0 bridgehead atoms. The molecule has 154 valence electrons. The Bertz CT molecular complexity index is 681. The summed E-state index contributed by atoms with van der Waals surface area (Å²) < 4.78 is 0. The van der Waals surface area contributed by atoms with Crippen molar-refractivity contribution >= 4 is 5.91 Å². The highest BCUT2D eigenvalue weighted by Crippen LogP contribution is 2.19. The number of nitrogens with zero attached hydrogens (tertiary/aromatic N) is 3.